The van der Waals surface area contributed by atoms with E-state index in [1.807, 2.05) is 6.92 Å². The molecular weight excluding hydrogens is 244 g/mol. The van der Waals surface area contributed by atoms with Gasteiger partial charge in [0.25, 0.3) is 0 Å². The third kappa shape index (κ3) is 4.20. The Morgan fingerprint density at radius 3 is 2.26 bits per heavy atom. The molecule has 0 spiro atoms. The number of hydrogen-bond donors (Lipinski definition) is 3. The molecule has 0 unspecified atom stereocenters. The molecule has 0 saturated heterocycles. The van der Waals surface area contributed by atoms with Gasteiger partial charge in [0.05, 0.1) is 5.41 Å². The lowest BCUT2D eigenvalue weighted by atomic mass is 9.79. The lowest BCUT2D eigenvalue weighted by Gasteiger charge is -2.31. The Hall–Kier alpha value is -1.10. The molecule has 19 heavy (non-hydrogen) atoms. The SMILES string of the molecule is CCC[C@@H](NC(=O)C1(CN)CCCCCC1)C(=O)O. The molecule has 5 nitrogen and oxygen atoms in total. The number of aliphatic carboxylic acids is 1. The second-order valence-corrected chi connectivity index (χ2v) is 5.55. The molecule has 0 heterocycles. The van der Waals surface area contributed by atoms with Crippen molar-refractivity contribution in [2.24, 2.45) is 11.1 Å². The summed E-state index contributed by atoms with van der Waals surface area (Å²) in [7, 11) is 0. The van der Waals surface area contributed by atoms with Gasteiger partial charge in [-0.05, 0) is 19.3 Å². The van der Waals surface area contributed by atoms with Gasteiger partial charge in [-0.3, -0.25) is 4.79 Å². The molecule has 1 aliphatic carbocycles. The van der Waals surface area contributed by atoms with Crippen molar-refractivity contribution in [2.45, 2.75) is 64.3 Å². The maximum absolute atomic E-state index is 12.4. The van der Waals surface area contributed by atoms with Gasteiger partial charge in [0, 0.05) is 6.54 Å². The van der Waals surface area contributed by atoms with Crippen LogP contribution in [-0.2, 0) is 9.59 Å². The second-order valence-electron chi connectivity index (χ2n) is 5.55. The zero-order valence-electron chi connectivity index (χ0n) is 11.8. The van der Waals surface area contributed by atoms with E-state index in [2.05, 4.69) is 5.32 Å². The van der Waals surface area contributed by atoms with Gasteiger partial charge >= 0.3 is 5.97 Å². The van der Waals surface area contributed by atoms with E-state index in [1.165, 1.54) is 0 Å². The Labute approximate surface area is 114 Å². The van der Waals surface area contributed by atoms with Gasteiger partial charge in [0.2, 0.25) is 5.91 Å². The number of carbonyl (C=O) groups excluding carboxylic acids is 1. The summed E-state index contributed by atoms with van der Waals surface area (Å²) in [5, 5.41) is 11.8. The molecule has 0 bridgehead atoms. The first kappa shape index (κ1) is 16.0. The smallest absolute Gasteiger partial charge is 0.326 e. The fourth-order valence-electron chi connectivity index (χ4n) is 2.79. The van der Waals surface area contributed by atoms with E-state index in [9.17, 15) is 9.59 Å². The van der Waals surface area contributed by atoms with Crippen molar-refractivity contribution in [3.63, 3.8) is 0 Å². The zero-order chi connectivity index (χ0) is 14.3. The Morgan fingerprint density at radius 1 is 1.26 bits per heavy atom. The highest BCUT2D eigenvalue weighted by Crippen LogP contribution is 2.34. The third-order valence-corrected chi connectivity index (χ3v) is 4.11. The maximum Gasteiger partial charge on any atom is 0.326 e. The van der Waals surface area contributed by atoms with E-state index in [0.717, 1.165) is 44.9 Å². The first-order chi connectivity index (χ1) is 9.05. The van der Waals surface area contributed by atoms with Crippen molar-refractivity contribution in [1.29, 1.82) is 0 Å². The van der Waals surface area contributed by atoms with Gasteiger partial charge in [-0.25, -0.2) is 4.79 Å². The van der Waals surface area contributed by atoms with Crippen molar-refractivity contribution in [2.75, 3.05) is 6.54 Å². The number of carbonyl (C=O) groups is 2. The summed E-state index contributed by atoms with van der Waals surface area (Å²) in [4.78, 5) is 23.6. The summed E-state index contributed by atoms with van der Waals surface area (Å²) < 4.78 is 0. The lowest BCUT2D eigenvalue weighted by molar-refractivity contribution is -0.144. The summed E-state index contributed by atoms with van der Waals surface area (Å²) in [6.45, 7) is 2.21. The second kappa shape index (κ2) is 7.48. The third-order valence-electron chi connectivity index (χ3n) is 4.11. The molecule has 110 valence electrons. The molecule has 1 saturated carbocycles. The Bertz CT molecular complexity index is 310. The van der Waals surface area contributed by atoms with Crippen LogP contribution in [0.15, 0.2) is 0 Å². The highest BCUT2D eigenvalue weighted by atomic mass is 16.4. The van der Waals surface area contributed by atoms with Crippen LogP contribution in [0.1, 0.15) is 58.3 Å². The molecule has 1 atom stereocenters. The van der Waals surface area contributed by atoms with Crippen LogP contribution in [0.3, 0.4) is 0 Å². The van der Waals surface area contributed by atoms with Crippen LogP contribution in [0.2, 0.25) is 0 Å². The van der Waals surface area contributed by atoms with Crippen molar-refractivity contribution in [1.82, 2.24) is 5.32 Å². The molecule has 0 radical (unpaired) electrons. The van der Waals surface area contributed by atoms with Crippen LogP contribution in [-0.4, -0.2) is 29.6 Å². The number of rotatable bonds is 6. The van der Waals surface area contributed by atoms with E-state index in [1.54, 1.807) is 0 Å². The molecule has 0 aromatic carbocycles. The van der Waals surface area contributed by atoms with E-state index in [0.29, 0.717) is 13.0 Å². The zero-order valence-corrected chi connectivity index (χ0v) is 11.8. The maximum atomic E-state index is 12.4. The number of carboxylic acids is 1. The number of nitrogens with one attached hydrogen (secondary N) is 1. The molecule has 0 aromatic heterocycles. The minimum absolute atomic E-state index is 0.169. The quantitative estimate of drug-likeness (QED) is 0.640. The Balaban J connectivity index is 2.73. The topological polar surface area (TPSA) is 92.4 Å². The molecule has 1 amide bonds. The Kier molecular flexibility index (Phi) is 6.28. The van der Waals surface area contributed by atoms with Crippen LogP contribution >= 0.6 is 0 Å². The van der Waals surface area contributed by atoms with E-state index in [-0.39, 0.29) is 5.91 Å². The predicted octanol–water partition coefficient (Wildman–Crippen LogP) is 1.66. The van der Waals surface area contributed by atoms with Crippen molar-refractivity contribution in [3.8, 4) is 0 Å². The highest BCUT2D eigenvalue weighted by Gasteiger charge is 2.38. The van der Waals surface area contributed by atoms with Crippen molar-refractivity contribution < 1.29 is 14.7 Å². The molecule has 4 N–H and O–H groups in total. The van der Waals surface area contributed by atoms with E-state index >= 15 is 0 Å². The molecule has 0 aliphatic heterocycles. The largest absolute Gasteiger partial charge is 0.480 e. The number of carboxylic acid groups (broad SMARTS) is 1. The number of hydrogen-bond acceptors (Lipinski definition) is 3. The van der Waals surface area contributed by atoms with Crippen LogP contribution in [0.25, 0.3) is 0 Å². The lowest BCUT2D eigenvalue weighted by Crippen LogP contribution is -2.51. The monoisotopic (exact) mass is 270 g/mol. The van der Waals surface area contributed by atoms with Crippen molar-refractivity contribution in [3.05, 3.63) is 0 Å². The van der Waals surface area contributed by atoms with Crippen LogP contribution in [0, 0.1) is 5.41 Å². The first-order valence-corrected chi connectivity index (χ1v) is 7.29. The van der Waals surface area contributed by atoms with Gasteiger partial charge in [0.1, 0.15) is 6.04 Å². The number of nitrogens with two attached hydrogens (primary N) is 1. The van der Waals surface area contributed by atoms with Gasteiger partial charge < -0.3 is 16.2 Å². The molecule has 1 aliphatic rings. The van der Waals surface area contributed by atoms with Crippen LogP contribution in [0.4, 0.5) is 0 Å². The summed E-state index contributed by atoms with van der Waals surface area (Å²) in [5.74, 6) is -1.13. The van der Waals surface area contributed by atoms with Crippen LogP contribution in [0.5, 0.6) is 0 Å². The Morgan fingerprint density at radius 2 is 1.84 bits per heavy atom. The normalized spacial score (nSPS) is 20.3. The molecule has 1 rings (SSSR count). The highest BCUT2D eigenvalue weighted by molar-refractivity contribution is 5.87. The fraction of sp³-hybridized carbons (Fsp3) is 0.857. The summed E-state index contributed by atoms with van der Waals surface area (Å²) in [6.07, 6.45) is 6.99. The van der Waals surface area contributed by atoms with Gasteiger partial charge in [-0.1, -0.05) is 39.0 Å². The average Bonchev–Trinajstić information content (AvgIpc) is 2.64. The summed E-state index contributed by atoms with van der Waals surface area (Å²) in [6, 6.07) is -0.788. The van der Waals surface area contributed by atoms with Gasteiger partial charge in [-0.2, -0.15) is 0 Å². The van der Waals surface area contributed by atoms with Crippen molar-refractivity contribution >= 4 is 11.9 Å². The first-order valence-electron chi connectivity index (χ1n) is 7.29. The standard InChI is InChI=1S/C14H26N2O3/c1-2-7-11(12(17)18)16-13(19)14(10-15)8-5-3-4-6-9-14/h11H,2-10,15H2,1H3,(H,16,19)(H,17,18)/t11-/m1/s1. The molecule has 1 fully saturated rings. The minimum atomic E-state index is -0.962. The fourth-order valence-corrected chi connectivity index (χ4v) is 2.79. The average molecular weight is 270 g/mol. The summed E-state index contributed by atoms with van der Waals surface area (Å²) in [5.41, 5.74) is 5.27. The molecule has 0 aromatic rings. The van der Waals surface area contributed by atoms with E-state index in [4.69, 9.17) is 10.8 Å². The minimum Gasteiger partial charge on any atom is -0.480 e. The van der Waals surface area contributed by atoms with Gasteiger partial charge in [-0.15, -0.1) is 0 Å². The number of amides is 1. The van der Waals surface area contributed by atoms with Gasteiger partial charge in [0.15, 0.2) is 0 Å². The van der Waals surface area contributed by atoms with E-state index < -0.39 is 17.4 Å². The summed E-state index contributed by atoms with van der Waals surface area (Å²) >= 11 is 0. The molecule has 5 heteroatoms. The predicted molar refractivity (Wildman–Crippen MR) is 73.7 cm³/mol. The van der Waals surface area contributed by atoms with Crippen LogP contribution < -0.4 is 11.1 Å². The molecular formula is C14H26N2O3.